The third-order valence-electron chi connectivity index (χ3n) is 15.7. The molecule has 0 radical (unpaired) electrons. The van der Waals surface area contributed by atoms with E-state index in [4.69, 9.17) is 33.7 Å². The van der Waals surface area contributed by atoms with E-state index >= 15 is 0 Å². The fourth-order valence-corrected chi connectivity index (χ4v) is 10.7. The maximum absolute atomic E-state index is 14.1. The van der Waals surface area contributed by atoms with E-state index in [-0.39, 0.29) is 86.2 Å². The first-order chi connectivity index (χ1) is 40.6. The normalized spacial score (nSPS) is 16.8. The predicted molar refractivity (Wildman–Crippen MR) is 320 cm³/mol. The molecule has 4 aliphatic heterocycles. The highest BCUT2D eigenvalue weighted by atomic mass is 16.5. The van der Waals surface area contributed by atoms with Crippen molar-refractivity contribution in [1.82, 2.24) is 25.3 Å². The third kappa shape index (κ3) is 14.5. The molecule has 4 aliphatic rings. The molecule has 5 atom stereocenters. The maximum Gasteiger partial charge on any atom is 0.260 e. The van der Waals surface area contributed by atoms with Gasteiger partial charge in [0, 0.05) is 80.8 Å². The van der Waals surface area contributed by atoms with Gasteiger partial charge in [-0.05, 0) is 89.8 Å². The zero-order valence-electron chi connectivity index (χ0n) is 49.1. The number of hydrogen-bond donors (Lipinski definition) is 3. The third-order valence-corrected chi connectivity index (χ3v) is 15.7. The van der Waals surface area contributed by atoms with Crippen LogP contribution in [0.4, 0.5) is 17.1 Å². The standard InChI is InChI=1S/C64H76N8O12/c1-9-40(5)49(10-2)62(77)70(38-73)24-13-11-12-15-58(74)69-60(39(3)4)61(76)67-35-59(75)68-45-20-16-41(17-21-45)43-27-46-33-65-52-31-56(54(81-7)29-50(52)63(78)71(46)36-43)83-25-14-26-84-57-32-53-51(30-55(57)82-8)64(79)72-37-44(28-47(72)34-66-53)42-18-22-48(80-6)23-19-42/h16-23,29-34,36-40,46-47,49,60H,9-15,24-28,35H2,1-8H3,(H,67,76)(H,68,75)(H,69,74). The fourth-order valence-electron chi connectivity index (χ4n) is 10.7. The molecule has 0 fully saturated rings. The first-order valence-corrected chi connectivity index (χ1v) is 28.8. The van der Waals surface area contributed by atoms with Crippen LogP contribution in [-0.4, -0.2) is 135 Å². The van der Waals surface area contributed by atoms with Gasteiger partial charge in [0.05, 0.1) is 75.7 Å². The number of aliphatic imine (C=N–C) groups is 2. The first kappa shape index (κ1) is 61.3. The Bertz CT molecular complexity index is 3210. The van der Waals surface area contributed by atoms with Crippen LogP contribution < -0.4 is 39.6 Å². The van der Waals surface area contributed by atoms with Gasteiger partial charge in [-0.1, -0.05) is 71.7 Å². The van der Waals surface area contributed by atoms with Crippen LogP contribution in [-0.2, 0) is 24.0 Å². The van der Waals surface area contributed by atoms with Gasteiger partial charge in [-0.2, -0.15) is 0 Å². The Balaban J connectivity index is 0.780. The van der Waals surface area contributed by atoms with Crippen molar-refractivity contribution in [3.05, 3.63) is 107 Å². The molecule has 4 aromatic carbocycles. The van der Waals surface area contributed by atoms with Gasteiger partial charge in [0.25, 0.3) is 11.8 Å². The molecule has 0 aromatic heterocycles. The van der Waals surface area contributed by atoms with Crippen LogP contribution in [0.5, 0.6) is 28.7 Å². The van der Waals surface area contributed by atoms with E-state index in [1.807, 2.05) is 69.6 Å². The minimum atomic E-state index is -0.860. The summed E-state index contributed by atoms with van der Waals surface area (Å²) in [6, 6.07) is 20.2. The average molecular weight is 1150 g/mol. The number of hydrogen-bond acceptors (Lipinski definition) is 14. The van der Waals surface area contributed by atoms with Crippen molar-refractivity contribution in [2.45, 2.75) is 111 Å². The van der Waals surface area contributed by atoms with Gasteiger partial charge in [-0.3, -0.25) is 48.4 Å². The molecule has 0 saturated heterocycles. The molecule has 0 spiro atoms. The molecule has 7 amide bonds. The van der Waals surface area contributed by atoms with E-state index in [0.29, 0.717) is 103 Å². The number of unbranched alkanes of at least 4 members (excludes halogenated alkanes) is 2. The molecule has 0 bridgehead atoms. The van der Waals surface area contributed by atoms with E-state index < -0.39 is 17.9 Å². The molecule has 4 aromatic rings. The van der Waals surface area contributed by atoms with Crippen molar-refractivity contribution in [1.29, 1.82) is 0 Å². The van der Waals surface area contributed by atoms with E-state index in [0.717, 1.165) is 34.4 Å². The Labute approximate surface area is 490 Å². The lowest BCUT2D eigenvalue weighted by Crippen LogP contribution is -2.51. The lowest BCUT2D eigenvalue weighted by atomic mass is 9.88. The van der Waals surface area contributed by atoms with E-state index in [1.54, 1.807) is 79.6 Å². The number of methoxy groups -OCH3 is 3. The molecule has 84 heavy (non-hydrogen) atoms. The maximum atomic E-state index is 14.1. The van der Waals surface area contributed by atoms with Crippen LogP contribution in [0.3, 0.4) is 0 Å². The second-order valence-electron chi connectivity index (χ2n) is 21.6. The monoisotopic (exact) mass is 1150 g/mol. The number of fused-ring (bicyclic) bond motifs is 4. The van der Waals surface area contributed by atoms with Crippen LogP contribution in [0, 0.1) is 17.8 Å². The van der Waals surface area contributed by atoms with Crippen LogP contribution in [0.25, 0.3) is 11.1 Å². The molecule has 4 heterocycles. The minimum Gasteiger partial charge on any atom is -0.497 e. The second-order valence-corrected chi connectivity index (χ2v) is 21.6. The number of imide groups is 1. The average Bonchev–Trinajstić information content (AvgIpc) is 2.62. The largest absolute Gasteiger partial charge is 0.497 e. The number of rotatable bonds is 28. The van der Waals surface area contributed by atoms with Crippen molar-refractivity contribution < 1.29 is 57.2 Å². The minimum absolute atomic E-state index is 0.160. The van der Waals surface area contributed by atoms with Crippen molar-refractivity contribution in [3.8, 4) is 28.7 Å². The van der Waals surface area contributed by atoms with Gasteiger partial charge in [0.15, 0.2) is 23.0 Å². The van der Waals surface area contributed by atoms with Gasteiger partial charge >= 0.3 is 0 Å². The summed E-state index contributed by atoms with van der Waals surface area (Å²) in [7, 11) is 4.65. The fraction of sp³-hybridized carbons (Fsp3) is 0.422. The number of nitrogens with one attached hydrogen (secondary N) is 3. The van der Waals surface area contributed by atoms with Gasteiger partial charge in [-0.25, -0.2) is 0 Å². The van der Waals surface area contributed by atoms with Gasteiger partial charge < -0.3 is 49.4 Å². The second kappa shape index (κ2) is 28.5. The highest BCUT2D eigenvalue weighted by Crippen LogP contribution is 2.42. The highest BCUT2D eigenvalue weighted by molar-refractivity contribution is 6.07. The summed E-state index contributed by atoms with van der Waals surface area (Å²) in [6.45, 7) is 10.1. The van der Waals surface area contributed by atoms with Gasteiger partial charge in [0.1, 0.15) is 11.8 Å². The summed E-state index contributed by atoms with van der Waals surface area (Å²) in [5.41, 5.74) is 5.96. The molecular formula is C64H76N8O12. The lowest BCUT2D eigenvalue weighted by Gasteiger charge is -2.25. The van der Waals surface area contributed by atoms with Crippen LogP contribution in [0.1, 0.15) is 124 Å². The summed E-state index contributed by atoms with van der Waals surface area (Å²) in [5.74, 6) is 0.240. The summed E-state index contributed by atoms with van der Waals surface area (Å²) in [4.78, 5) is 106. The molecule has 0 saturated carbocycles. The van der Waals surface area contributed by atoms with Crippen molar-refractivity contribution in [2.75, 3.05) is 52.9 Å². The quantitative estimate of drug-likeness (QED) is 0.0356. The van der Waals surface area contributed by atoms with E-state index in [2.05, 4.69) is 16.0 Å². The van der Waals surface area contributed by atoms with Gasteiger partial charge in [0.2, 0.25) is 30.0 Å². The lowest BCUT2D eigenvalue weighted by molar-refractivity contribution is -0.143. The van der Waals surface area contributed by atoms with Gasteiger partial charge in [-0.15, -0.1) is 0 Å². The SMILES string of the molecule is CCC(C)C(CC)C(=O)N(C=O)CCCCCC(=O)NC(C(=O)NCC(=O)Nc1ccc(C2=CN3C(=O)c4cc(OC)c(OCCCOc5cc6c(cc5OC)C(=O)N5C=C(c7ccc(OC)cc7)CC5C=N6)cc4N=CC3C2)cc1)C(C)C. The van der Waals surface area contributed by atoms with Crippen LogP contribution >= 0.6 is 0 Å². The first-order valence-electron chi connectivity index (χ1n) is 28.8. The predicted octanol–water partition coefficient (Wildman–Crippen LogP) is 9.32. The van der Waals surface area contributed by atoms with Crippen molar-refractivity contribution >= 4 is 82.5 Å². The Morgan fingerprint density at radius 3 is 1.71 bits per heavy atom. The van der Waals surface area contributed by atoms with Crippen LogP contribution in [0.15, 0.2) is 95.2 Å². The number of anilines is 1. The number of ether oxygens (including phenoxy) is 5. The smallest absolute Gasteiger partial charge is 0.260 e. The zero-order valence-corrected chi connectivity index (χ0v) is 49.1. The zero-order chi connectivity index (χ0) is 60.0. The summed E-state index contributed by atoms with van der Waals surface area (Å²) in [6.07, 6.45) is 12.8. The molecule has 444 valence electrons. The number of amides is 7. The number of benzene rings is 4. The summed E-state index contributed by atoms with van der Waals surface area (Å²) >= 11 is 0. The van der Waals surface area contributed by atoms with Crippen LogP contribution in [0.2, 0.25) is 0 Å². The molecule has 20 heteroatoms. The Kier molecular flexibility index (Phi) is 20.8. The van der Waals surface area contributed by atoms with E-state index in [1.165, 1.54) is 19.1 Å². The summed E-state index contributed by atoms with van der Waals surface area (Å²) in [5, 5.41) is 8.24. The molecule has 3 N–H and O–H groups in total. The van der Waals surface area contributed by atoms with E-state index in [9.17, 15) is 33.6 Å². The Hall–Kier alpha value is -8.81. The molecule has 8 rings (SSSR count). The van der Waals surface area contributed by atoms with Crippen molar-refractivity contribution in [3.63, 3.8) is 0 Å². The number of nitrogens with zero attached hydrogens (tertiary/aromatic N) is 5. The number of carbonyl (C=O) groups is 7. The molecule has 0 aliphatic carbocycles. The highest BCUT2D eigenvalue weighted by Gasteiger charge is 2.36. The Morgan fingerprint density at radius 1 is 0.679 bits per heavy atom. The molecule has 20 nitrogen and oxygen atoms in total. The topological polar surface area (TPSA) is 236 Å². The Morgan fingerprint density at radius 2 is 1.23 bits per heavy atom. The summed E-state index contributed by atoms with van der Waals surface area (Å²) < 4.78 is 29.0. The van der Waals surface area contributed by atoms with Crippen molar-refractivity contribution in [2.24, 2.45) is 27.7 Å². The number of carbonyl (C=O) groups excluding carboxylic acids is 7. The molecular weight excluding hydrogens is 1070 g/mol. The molecule has 5 unspecified atom stereocenters.